The van der Waals surface area contributed by atoms with Crippen molar-refractivity contribution in [3.05, 3.63) is 24.3 Å². The predicted octanol–water partition coefficient (Wildman–Crippen LogP) is 2.40. The Balaban J connectivity index is 1.76. The second kappa shape index (κ2) is 7.25. The molecular formula is C17H23N5OS. The van der Waals surface area contributed by atoms with Crippen LogP contribution in [0.25, 0.3) is 11.4 Å². The topological polar surface area (TPSA) is 63.1 Å². The number of benzene rings is 1. The van der Waals surface area contributed by atoms with E-state index < -0.39 is 0 Å². The average molecular weight is 345 g/mol. The molecule has 6 nitrogen and oxygen atoms in total. The zero-order chi connectivity index (χ0) is 17.1. The van der Waals surface area contributed by atoms with Gasteiger partial charge in [0.05, 0.1) is 5.75 Å². The first kappa shape index (κ1) is 16.8. The first-order valence-electron chi connectivity index (χ1n) is 8.21. The third-order valence-corrected chi connectivity index (χ3v) is 4.90. The van der Waals surface area contributed by atoms with Gasteiger partial charge in [-0.3, -0.25) is 4.79 Å². The molecule has 1 heterocycles. The Hall–Kier alpha value is -2.02. The minimum atomic E-state index is 0.0734. The van der Waals surface area contributed by atoms with Crippen LogP contribution in [0.15, 0.2) is 29.4 Å². The molecule has 24 heavy (non-hydrogen) atoms. The number of aromatic nitrogens is 3. The van der Waals surface area contributed by atoms with Crippen LogP contribution >= 0.6 is 11.8 Å². The molecule has 1 aromatic carbocycles. The van der Waals surface area contributed by atoms with Gasteiger partial charge in [0.25, 0.3) is 0 Å². The van der Waals surface area contributed by atoms with Gasteiger partial charge in [-0.2, -0.15) is 0 Å². The van der Waals surface area contributed by atoms with E-state index >= 15 is 0 Å². The molecule has 0 saturated heterocycles. The minimum absolute atomic E-state index is 0.0734. The molecule has 1 fully saturated rings. The van der Waals surface area contributed by atoms with Crippen molar-refractivity contribution in [1.82, 2.24) is 20.1 Å². The van der Waals surface area contributed by atoms with E-state index in [1.165, 1.54) is 11.8 Å². The fraction of sp³-hybridized carbons (Fsp3) is 0.471. The van der Waals surface area contributed by atoms with Crippen molar-refractivity contribution in [1.29, 1.82) is 0 Å². The zero-order valence-electron chi connectivity index (χ0n) is 14.3. The number of amides is 1. The summed E-state index contributed by atoms with van der Waals surface area (Å²) in [7, 11) is 4.03. The molecule has 2 aromatic rings. The van der Waals surface area contributed by atoms with E-state index in [9.17, 15) is 4.79 Å². The number of anilines is 1. The highest BCUT2D eigenvalue weighted by Crippen LogP contribution is 2.26. The van der Waals surface area contributed by atoms with Crippen LogP contribution in [0, 0.1) is 0 Å². The van der Waals surface area contributed by atoms with E-state index in [0.29, 0.717) is 11.8 Å². The summed E-state index contributed by atoms with van der Waals surface area (Å²) < 4.78 is 2.06. The maximum absolute atomic E-state index is 11.9. The number of hydrogen-bond donors (Lipinski definition) is 1. The van der Waals surface area contributed by atoms with Crippen molar-refractivity contribution in [3.8, 4) is 11.4 Å². The molecular weight excluding hydrogens is 322 g/mol. The quantitative estimate of drug-likeness (QED) is 0.781. The molecule has 0 unspecified atom stereocenters. The van der Waals surface area contributed by atoms with Crippen LogP contribution in [0.2, 0.25) is 0 Å². The molecule has 1 aliphatic carbocycles. The van der Waals surface area contributed by atoms with Crippen LogP contribution in [-0.2, 0) is 11.3 Å². The molecule has 3 rings (SSSR count). The lowest BCUT2D eigenvalue weighted by Crippen LogP contribution is -2.27. The Morgan fingerprint density at radius 1 is 1.38 bits per heavy atom. The number of carbonyl (C=O) groups is 1. The fourth-order valence-electron chi connectivity index (χ4n) is 2.44. The Kier molecular flexibility index (Phi) is 5.08. The molecule has 1 amide bonds. The number of hydrogen-bond acceptors (Lipinski definition) is 5. The Morgan fingerprint density at radius 3 is 2.83 bits per heavy atom. The van der Waals surface area contributed by atoms with Crippen LogP contribution in [0.3, 0.4) is 0 Å². The maximum atomic E-state index is 11.9. The second-order valence-corrected chi connectivity index (χ2v) is 7.07. The van der Waals surface area contributed by atoms with E-state index in [-0.39, 0.29) is 5.91 Å². The lowest BCUT2D eigenvalue weighted by Gasteiger charge is -2.14. The Labute approximate surface area is 146 Å². The SMILES string of the molecule is CCn1c(SCC(=O)NC2CC2)nnc1-c1cccc(N(C)C)c1. The fourth-order valence-corrected chi connectivity index (χ4v) is 3.26. The predicted molar refractivity (Wildman–Crippen MR) is 97.3 cm³/mol. The van der Waals surface area contributed by atoms with E-state index in [4.69, 9.17) is 0 Å². The minimum Gasteiger partial charge on any atom is -0.378 e. The number of nitrogens with one attached hydrogen (secondary N) is 1. The molecule has 0 aliphatic heterocycles. The Morgan fingerprint density at radius 2 is 2.17 bits per heavy atom. The van der Waals surface area contributed by atoms with Gasteiger partial charge in [0.15, 0.2) is 11.0 Å². The highest BCUT2D eigenvalue weighted by molar-refractivity contribution is 7.99. The summed E-state index contributed by atoms with van der Waals surface area (Å²) >= 11 is 1.44. The normalized spacial score (nSPS) is 13.8. The van der Waals surface area contributed by atoms with Gasteiger partial charge in [-0.05, 0) is 31.9 Å². The molecule has 1 N–H and O–H groups in total. The van der Waals surface area contributed by atoms with Gasteiger partial charge in [-0.15, -0.1) is 10.2 Å². The van der Waals surface area contributed by atoms with Gasteiger partial charge >= 0.3 is 0 Å². The van der Waals surface area contributed by atoms with Crippen molar-refractivity contribution in [2.24, 2.45) is 0 Å². The molecule has 0 spiro atoms. The molecule has 7 heteroatoms. The van der Waals surface area contributed by atoms with Crippen molar-refractivity contribution >= 4 is 23.4 Å². The van der Waals surface area contributed by atoms with Gasteiger partial charge in [0.2, 0.25) is 5.91 Å². The lowest BCUT2D eigenvalue weighted by atomic mass is 10.2. The third kappa shape index (κ3) is 3.90. The smallest absolute Gasteiger partial charge is 0.230 e. The Bertz CT molecular complexity index is 724. The van der Waals surface area contributed by atoms with Gasteiger partial charge in [0, 0.05) is 37.9 Å². The van der Waals surface area contributed by atoms with Crippen LogP contribution in [-0.4, -0.2) is 46.6 Å². The van der Waals surface area contributed by atoms with E-state index in [0.717, 1.165) is 41.6 Å². The highest BCUT2D eigenvalue weighted by Gasteiger charge is 2.23. The van der Waals surface area contributed by atoms with Crippen molar-refractivity contribution < 1.29 is 4.79 Å². The molecule has 0 radical (unpaired) electrons. The van der Waals surface area contributed by atoms with E-state index in [2.05, 4.69) is 44.0 Å². The average Bonchev–Trinajstić information content (AvgIpc) is 3.29. The van der Waals surface area contributed by atoms with Gasteiger partial charge in [-0.1, -0.05) is 23.9 Å². The number of carbonyl (C=O) groups excluding carboxylic acids is 1. The number of thioether (sulfide) groups is 1. The summed E-state index contributed by atoms with van der Waals surface area (Å²) in [4.78, 5) is 13.9. The van der Waals surface area contributed by atoms with Gasteiger partial charge < -0.3 is 14.8 Å². The second-order valence-electron chi connectivity index (χ2n) is 6.13. The third-order valence-electron chi connectivity index (χ3n) is 3.93. The summed E-state index contributed by atoms with van der Waals surface area (Å²) in [6.07, 6.45) is 2.21. The molecule has 1 saturated carbocycles. The number of rotatable bonds is 7. The van der Waals surface area contributed by atoms with Crippen LogP contribution in [0.1, 0.15) is 19.8 Å². The lowest BCUT2D eigenvalue weighted by molar-refractivity contribution is -0.118. The van der Waals surface area contributed by atoms with Crippen LogP contribution < -0.4 is 10.2 Å². The summed E-state index contributed by atoms with van der Waals surface area (Å²) in [5.41, 5.74) is 2.15. The van der Waals surface area contributed by atoms with E-state index in [1.54, 1.807) is 0 Å². The molecule has 1 aliphatic rings. The molecule has 0 bridgehead atoms. The number of nitrogens with zero attached hydrogens (tertiary/aromatic N) is 4. The first-order valence-corrected chi connectivity index (χ1v) is 9.20. The zero-order valence-corrected chi connectivity index (χ0v) is 15.1. The summed E-state index contributed by atoms with van der Waals surface area (Å²) in [5.74, 6) is 1.29. The van der Waals surface area contributed by atoms with Crippen molar-refractivity contribution in [2.75, 3.05) is 24.7 Å². The van der Waals surface area contributed by atoms with Crippen LogP contribution in [0.5, 0.6) is 0 Å². The van der Waals surface area contributed by atoms with Gasteiger partial charge in [0.1, 0.15) is 0 Å². The van der Waals surface area contributed by atoms with Crippen LogP contribution in [0.4, 0.5) is 5.69 Å². The largest absolute Gasteiger partial charge is 0.378 e. The van der Waals surface area contributed by atoms with E-state index in [1.807, 2.05) is 26.2 Å². The first-order chi connectivity index (χ1) is 11.6. The monoisotopic (exact) mass is 345 g/mol. The summed E-state index contributed by atoms with van der Waals surface area (Å²) in [6.45, 7) is 2.83. The molecule has 1 aromatic heterocycles. The van der Waals surface area contributed by atoms with Gasteiger partial charge in [-0.25, -0.2) is 0 Å². The molecule has 128 valence electrons. The molecule has 0 atom stereocenters. The highest BCUT2D eigenvalue weighted by atomic mass is 32.2. The maximum Gasteiger partial charge on any atom is 0.230 e. The standard InChI is InChI=1S/C17H23N5OS/c1-4-22-16(12-6-5-7-14(10-12)21(2)3)19-20-17(22)24-11-15(23)18-13-8-9-13/h5-7,10,13H,4,8-9,11H2,1-3H3,(H,18,23). The van der Waals surface area contributed by atoms with Crippen molar-refractivity contribution in [3.63, 3.8) is 0 Å². The van der Waals surface area contributed by atoms with Crippen molar-refractivity contribution in [2.45, 2.75) is 37.5 Å². The summed E-state index contributed by atoms with van der Waals surface area (Å²) in [6, 6.07) is 8.62. The summed E-state index contributed by atoms with van der Waals surface area (Å²) in [5, 5.41) is 12.4.